The Kier molecular flexibility index (Phi) is 91.0. The normalized spacial score (nSPS) is 11.7. The van der Waals surface area contributed by atoms with Crippen molar-refractivity contribution in [1.29, 1.82) is 0 Å². The minimum absolute atomic E-state index is 0.0130. The average Bonchev–Trinajstić information content (AvgIpc) is 0.890. The van der Waals surface area contributed by atoms with E-state index in [2.05, 4.69) is 169 Å². The summed E-state index contributed by atoms with van der Waals surface area (Å²) in [6.07, 6.45) is 25.1. The molecule has 0 unspecified atom stereocenters. The summed E-state index contributed by atoms with van der Waals surface area (Å²) < 4.78 is 27.1. The standard InChI is InChI=1S/C77H157N11O9.6C2H6/c1-18-19-20-21-22-23-24-25-26-27-28-29-30-31-33-36-69(89)87(62-64-96-71(91)38-40-73(2,3)4)61-63-95-70(90)37-34-32-35-47-83(49-44-80-74(5,6)7)53-55-85(50-45-81-75(8,9)10)57-58-86(51-46-82-76(11,12)13)56-54-84(48-41-78)59-60-88(77(14,15)16)52-43-79-42-39-72(92)97-68-67-94-66-65-93-17;6*1-2/h25-26,79-82H,18-24,27-68,78H2,1-17H3;6*1-2H3/b26-25-;;;;;;. The van der Waals surface area contributed by atoms with Crippen molar-refractivity contribution >= 4 is 23.8 Å². The van der Waals surface area contributed by atoms with Crippen LogP contribution in [-0.4, -0.2) is 266 Å². The van der Waals surface area contributed by atoms with Gasteiger partial charge in [-0.15, -0.1) is 0 Å². The number of hydrogen-bond donors (Lipinski definition) is 5. The van der Waals surface area contributed by atoms with Gasteiger partial charge in [-0.3, -0.25) is 38.8 Å². The number of carbonyl (C=O) groups excluding carboxylic acids is 4. The first-order chi connectivity index (χ1) is 51.9. The maximum absolute atomic E-state index is 13.6. The summed E-state index contributed by atoms with van der Waals surface area (Å²) in [5, 5.41) is 14.7. The van der Waals surface area contributed by atoms with Gasteiger partial charge in [0.15, 0.2) is 0 Å². The molecule has 0 radical (unpaired) electrons. The number of ether oxygens (including phenoxy) is 5. The Morgan fingerprint density at radius 1 is 0.358 bits per heavy atom. The number of nitrogens with one attached hydrogen (secondary N) is 4. The average molecular weight is 1560 g/mol. The maximum Gasteiger partial charge on any atom is 0.307 e. The van der Waals surface area contributed by atoms with Gasteiger partial charge in [-0.05, 0) is 146 Å². The number of rotatable bonds is 64. The lowest BCUT2D eigenvalue weighted by Gasteiger charge is -2.38. The monoisotopic (exact) mass is 1560 g/mol. The molecule has 6 N–H and O–H groups in total. The molecule has 0 aromatic carbocycles. The fourth-order valence-corrected chi connectivity index (χ4v) is 11.1. The number of carbonyl (C=O) groups is 4. The molecule has 20 heteroatoms. The quantitative estimate of drug-likeness (QED) is 0.0166. The van der Waals surface area contributed by atoms with E-state index in [0.717, 1.165) is 176 Å². The van der Waals surface area contributed by atoms with Crippen LogP contribution in [0.15, 0.2) is 12.2 Å². The molecule has 0 aliphatic rings. The smallest absolute Gasteiger partial charge is 0.307 e. The van der Waals surface area contributed by atoms with Crippen LogP contribution in [0, 0.1) is 5.41 Å². The molecule has 0 spiro atoms. The summed E-state index contributed by atoms with van der Waals surface area (Å²) in [7, 11) is 1.63. The molecule has 0 aliphatic carbocycles. The van der Waals surface area contributed by atoms with Crippen LogP contribution in [0.2, 0.25) is 0 Å². The van der Waals surface area contributed by atoms with Crippen molar-refractivity contribution in [3.63, 3.8) is 0 Å². The van der Waals surface area contributed by atoms with Gasteiger partial charge in [-0.1, -0.05) is 181 Å². The maximum atomic E-state index is 13.6. The van der Waals surface area contributed by atoms with Crippen molar-refractivity contribution in [3.8, 4) is 0 Å². The second-order valence-corrected chi connectivity index (χ2v) is 32.2. The zero-order valence-corrected chi connectivity index (χ0v) is 78.2. The molecule has 0 rings (SSSR count). The number of allylic oxidation sites excluding steroid dienone is 2. The number of unbranched alkanes of at least 4 members (excludes halogenated alkanes) is 13. The third kappa shape index (κ3) is 92.2. The summed E-state index contributed by atoms with van der Waals surface area (Å²) in [5.41, 5.74) is 6.34. The van der Waals surface area contributed by atoms with E-state index in [1.54, 1.807) is 12.0 Å². The molecule has 0 bridgehead atoms. The highest BCUT2D eigenvalue weighted by Crippen LogP contribution is 2.21. The molecule has 0 saturated carbocycles. The number of hydrogen-bond acceptors (Lipinski definition) is 19. The highest BCUT2D eigenvalue weighted by atomic mass is 16.6. The van der Waals surface area contributed by atoms with E-state index in [4.69, 9.17) is 29.4 Å². The van der Waals surface area contributed by atoms with Crippen molar-refractivity contribution in [2.75, 3.05) is 191 Å². The van der Waals surface area contributed by atoms with E-state index >= 15 is 0 Å². The molecule has 1 amide bonds. The van der Waals surface area contributed by atoms with E-state index < -0.39 is 0 Å². The fourth-order valence-electron chi connectivity index (χ4n) is 11.1. The lowest BCUT2D eigenvalue weighted by molar-refractivity contribution is -0.148. The summed E-state index contributed by atoms with van der Waals surface area (Å²) >= 11 is 0. The minimum atomic E-state index is -0.246. The Labute approximate surface area is 679 Å². The van der Waals surface area contributed by atoms with Crippen molar-refractivity contribution in [1.82, 2.24) is 50.7 Å². The van der Waals surface area contributed by atoms with Crippen LogP contribution in [0.4, 0.5) is 0 Å². The molecule has 20 nitrogen and oxygen atoms in total. The van der Waals surface area contributed by atoms with Crippen molar-refractivity contribution in [3.05, 3.63) is 12.2 Å². The van der Waals surface area contributed by atoms with Crippen LogP contribution in [0.1, 0.15) is 329 Å². The first-order valence-electron chi connectivity index (χ1n) is 44.6. The third-order valence-corrected chi connectivity index (χ3v) is 17.2. The Bertz CT molecular complexity index is 1940. The summed E-state index contributed by atoms with van der Waals surface area (Å²) in [6, 6.07) is 0. The first kappa shape index (κ1) is 119. The topological polar surface area (TPSA) is 208 Å². The SMILES string of the molecule is CC.CC.CC.CC.CC.CC.CCCCCCCC/C=C\CCCCCCCC(=O)N(CCOC(=O)CCCCCN(CCNC(C)(C)C)CCN(CCNC(C)(C)C)CCN(CCNC(C)(C)C)CCN(CCN)CCN(CCNCCC(=O)OCCOCCOC)C(C)(C)C)CCOC(=O)CCC(C)(C)C. The Balaban J connectivity index is -0.00000164. The van der Waals surface area contributed by atoms with Gasteiger partial charge in [0.2, 0.25) is 5.91 Å². The summed E-state index contributed by atoms with van der Waals surface area (Å²) in [6.45, 7) is 79.5. The van der Waals surface area contributed by atoms with Gasteiger partial charge >= 0.3 is 17.9 Å². The van der Waals surface area contributed by atoms with Crippen LogP contribution in [0.5, 0.6) is 0 Å². The van der Waals surface area contributed by atoms with Gasteiger partial charge in [-0.2, -0.15) is 0 Å². The number of nitrogens with two attached hydrogens (primary N) is 1. The molecule has 0 aromatic rings. The van der Waals surface area contributed by atoms with Gasteiger partial charge in [0.25, 0.3) is 0 Å². The number of amides is 1. The van der Waals surface area contributed by atoms with Gasteiger partial charge < -0.3 is 60.5 Å². The van der Waals surface area contributed by atoms with Gasteiger partial charge in [0, 0.05) is 173 Å². The third-order valence-electron chi connectivity index (χ3n) is 17.2. The largest absolute Gasteiger partial charge is 0.464 e. The van der Waals surface area contributed by atoms with E-state index in [9.17, 15) is 19.2 Å². The molecule has 0 heterocycles. The predicted molar refractivity (Wildman–Crippen MR) is 474 cm³/mol. The highest BCUT2D eigenvalue weighted by molar-refractivity contribution is 5.76. The molecular formula is C89H193N11O9. The summed E-state index contributed by atoms with van der Waals surface area (Å²) in [4.78, 5) is 66.3. The zero-order valence-electron chi connectivity index (χ0n) is 78.2. The lowest BCUT2D eigenvalue weighted by Crippen LogP contribution is -2.50. The van der Waals surface area contributed by atoms with Gasteiger partial charge in [0.05, 0.1) is 39.3 Å². The Morgan fingerprint density at radius 3 is 1.17 bits per heavy atom. The van der Waals surface area contributed by atoms with E-state index in [1.165, 1.54) is 51.4 Å². The first-order valence-corrected chi connectivity index (χ1v) is 44.6. The zero-order chi connectivity index (χ0) is 84.7. The van der Waals surface area contributed by atoms with Crippen molar-refractivity contribution in [2.45, 2.75) is 351 Å². The minimum Gasteiger partial charge on any atom is -0.464 e. The molecule has 0 aliphatic heterocycles. The van der Waals surface area contributed by atoms with Gasteiger partial charge in [0.1, 0.15) is 19.8 Å². The van der Waals surface area contributed by atoms with Crippen LogP contribution in [0.3, 0.4) is 0 Å². The summed E-state index contributed by atoms with van der Waals surface area (Å²) in [5.74, 6) is -0.691. The second-order valence-electron chi connectivity index (χ2n) is 32.2. The number of nitrogens with zero attached hydrogens (tertiary/aromatic N) is 6. The number of methoxy groups -OCH3 is 1. The predicted octanol–water partition coefficient (Wildman–Crippen LogP) is 17.1. The Morgan fingerprint density at radius 2 is 0.734 bits per heavy atom. The lowest BCUT2D eigenvalue weighted by atomic mass is 9.91. The van der Waals surface area contributed by atoms with Crippen LogP contribution in [-0.2, 0) is 42.9 Å². The highest BCUT2D eigenvalue weighted by Gasteiger charge is 2.24. The van der Waals surface area contributed by atoms with Gasteiger partial charge in [-0.25, -0.2) is 0 Å². The van der Waals surface area contributed by atoms with Crippen molar-refractivity contribution < 1.29 is 42.9 Å². The molecule has 0 saturated heterocycles. The molecule has 0 fully saturated rings. The molecule has 109 heavy (non-hydrogen) atoms. The van der Waals surface area contributed by atoms with E-state index in [0.29, 0.717) is 58.6 Å². The molecule has 0 aromatic heterocycles. The fraction of sp³-hybridized carbons (Fsp3) is 0.933. The molecule has 0 atom stereocenters. The van der Waals surface area contributed by atoms with Crippen LogP contribution in [0.25, 0.3) is 0 Å². The van der Waals surface area contributed by atoms with Crippen LogP contribution < -0.4 is 27.0 Å². The van der Waals surface area contributed by atoms with E-state index in [-0.39, 0.29) is 84.3 Å². The Hall–Kier alpha value is -2.86. The molecule has 658 valence electrons. The van der Waals surface area contributed by atoms with Crippen molar-refractivity contribution in [2.24, 2.45) is 11.1 Å². The van der Waals surface area contributed by atoms with E-state index in [1.807, 2.05) is 83.1 Å². The number of esters is 3. The van der Waals surface area contributed by atoms with Crippen LogP contribution >= 0.6 is 0 Å². The molecular weight excluding hydrogens is 1370 g/mol. The second kappa shape index (κ2) is 83.1.